The van der Waals surface area contributed by atoms with E-state index in [4.69, 9.17) is 0 Å². The van der Waals surface area contributed by atoms with E-state index in [1.165, 1.54) is 27.4 Å². The van der Waals surface area contributed by atoms with Crippen LogP contribution in [0.25, 0.3) is 0 Å². The second-order valence-electron chi connectivity index (χ2n) is 4.28. The Morgan fingerprint density at radius 2 is 2.00 bits per heavy atom. The number of thioether (sulfide) groups is 1. The summed E-state index contributed by atoms with van der Waals surface area (Å²) in [6, 6.07) is 3.34. The van der Waals surface area contributed by atoms with Crippen molar-refractivity contribution in [2.45, 2.75) is 4.21 Å². The summed E-state index contributed by atoms with van der Waals surface area (Å²) in [4.78, 5) is 13.5. The average Bonchev–Trinajstić information content (AvgIpc) is 2.86. The van der Waals surface area contributed by atoms with Crippen LogP contribution in [0.2, 0.25) is 0 Å². The van der Waals surface area contributed by atoms with Gasteiger partial charge in [0, 0.05) is 26.2 Å². The van der Waals surface area contributed by atoms with Crippen LogP contribution in [0.1, 0.15) is 0 Å². The van der Waals surface area contributed by atoms with Crippen LogP contribution < -0.4 is 0 Å². The smallest absolute Gasteiger partial charge is 0.252 e. The first-order valence-electron chi connectivity index (χ1n) is 5.97. The lowest BCUT2D eigenvalue weighted by molar-refractivity contribution is -0.129. The van der Waals surface area contributed by atoms with Gasteiger partial charge in [-0.2, -0.15) is 16.1 Å². The fourth-order valence-electron chi connectivity index (χ4n) is 1.96. The van der Waals surface area contributed by atoms with Crippen molar-refractivity contribution in [1.82, 2.24) is 9.21 Å². The Balaban J connectivity index is 2.02. The van der Waals surface area contributed by atoms with Gasteiger partial charge in [0.25, 0.3) is 10.0 Å². The second kappa shape index (κ2) is 6.78. The lowest BCUT2D eigenvalue weighted by Crippen LogP contribution is -2.50. The zero-order valence-electron chi connectivity index (χ0n) is 10.9. The van der Waals surface area contributed by atoms with E-state index in [1.807, 2.05) is 6.26 Å². The summed E-state index contributed by atoms with van der Waals surface area (Å²) in [5.41, 5.74) is 0. The molecule has 112 valence electrons. The molecule has 20 heavy (non-hydrogen) atoms. The molecule has 0 atom stereocenters. The predicted molar refractivity (Wildman–Crippen MR) is 85.7 cm³/mol. The molecule has 1 aliphatic heterocycles. The van der Waals surface area contributed by atoms with Gasteiger partial charge in [0.1, 0.15) is 4.21 Å². The first-order valence-corrected chi connectivity index (χ1v) is 10.4. The maximum Gasteiger partial charge on any atom is 0.252 e. The topological polar surface area (TPSA) is 57.7 Å². The SMILES string of the molecule is CSCC(=O)N1CCN(S(=O)(=O)c2ccc(Br)s2)CC1. The highest BCUT2D eigenvalue weighted by Crippen LogP contribution is 2.28. The molecule has 1 aliphatic rings. The van der Waals surface area contributed by atoms with Gasteiger partial charge in [-0.15, -0.1) is 11.3 Å². The van der Waals surface area contributed by atoms with Gasteiger partial charge in [-0.05, 0) is 34.3 Å². The normalized spacial score (nSPS) is 17.4. The van der Waals surface area contributed by atoms with Crippen molar-refractivity contribution in [3.05, 3.63) is 15.9 Å². The van der Waals surface area contributed by atoms with Crippen LogP contribution >= 0.6 is 39.0 Å². The first-order chi connectivity index (χ1) is 9.45. The molecule has 1 aromatic rings. The number of carbonyl (C=O) groups is 1. The maximum atomic E-state index is 12.4. The van der Waals surface area contributed by atoms with Crippen LogP contribution in [0.4, 0.5) is 0 Å². The van der Waals surface area contributed by atoms with E-state index in [1.54, 1.807) is 17.0 Å². The minimum absolute atomic E-state index is 0.0772. The molecule has 0 spiro atoms. The lowest BCUT2D eigenvalue weighted by atomic mass is 10.3. The Morgan fingerprint density at radius 1 is 1.35 bits per heavy atom. The van der Waals surface area contributed by atoms with Gasteiger partial charge >= 0.3 is 0 Å². The number of hydrogen-bond donors (Lipinski definition) is 0. The Labute approximate surface area is 135 Å². The van der Waals surface area contributed by atoms with Crippen molar-refractivity contribution in [3.8, 4) is 0 Å². The van der Waals surface area contributed by atoms with Gasteiger partial charge in [-0.3, -0.25) is 4.79 Å². The molecule has 1 saturated heterocycles. The highest BCUT2D eigenvalue weighted by molar-refractivity contribution is 9.11. The molecule has 1 fully saturated rings. The second-order valence-corrected chi connectivity index (χ2v) is 9.77. The minimum Gasteiger partial charge on any atom is -0.339 e. The molecule has 9 heteroatoms. The Bertz CT molecular complexity index is 579. The summed E-state index contributed by atoms with van der Waals surface area (Å²) >= 11 is 5.96. The van der Waals surface area contributed by atoms with Crippen LogP contribution in [0.5, 0.6) is 0 Å². The molecular formula is C11H15BrN2O3S3. The number of amides is 1. The first kappa shape index (κ1) is 16.3. The summed E-state index contributed by atoms with van der Waals surface area (Å²) in [7, 11) is -3.42. The van der Waals surface area contributed by atoms with Gasteiger partial charge in [-0.1, -0.05) is 0 Å². The number of hydrogen-bond acceptors (Lipinski definition) is 5. The van der Waals surface area contributed by atoms with Crippen molar-refractivity contribution in [2.24, 2.45) is 0 Å². The molecule has 2 rings (SSSR count). The number of carbonyl (C=O) groups excluding carboxylic acids is 1. The highest BCUT2D eigenvalue weighted by Gasteiger charge is 2.30. The van der Waals surface area contributed by atoms with E-state index < -0.39 is 10.0 Å². The van der Waals surface area contributed by atoms with Gasteiger partial charge in [-0.25, -0.2) is 8.42 Å². The quantitative estimate of drug-likeness (QED) is 0.774. The molecule has 0 unspecified atom stereocenters. The molecule has 1 aromatic heterocycles. The van der Waals surface area contributed by atoms with Gasteiger partial charge < -0.3 is 4.90 Å². The van der Waals surface area contributed by atoms with E-state index in [0.29, 0.717) is 36.1 Å². The van der Waals surface area contributed by atoms with Gasteiger partial charge in [0.15, 0.2) is 0 Å². The Hall–Kier alpha value is -0.0900. The molecule has 0 aromatic carbocycles. The summed E-state index contributed by atoms with van der Waals surface area (Å²) in [6.07, 6.45) is 1.88. The summed E-state index contributed by atoms with van der Waals surface area (Å²) in [5, 5.41) is 0. The van der Waals surface area contributed by atoms with Crippen molar-refractivity contribution < 1.29 is 13.2 Å². The van der Waals surface area contributed by atoms with E-state index in [2.05, 4.69) is 15.9 Å². The van der Waals surface area contributed by atoms with E-state index in [9.17, 15) is 13.2 Å². The molecule has 2 heterocycles. The van der Waals surface area contributed by atoms with E-state index in [0.717, 1.165) is 3.79 Å². The van der Waals surface area contributed by atoms with Gasteiger partial charge in [0.2, 0.25) is 5.91 Å². The van der Waals surface area contributed by atoms with Crippen LogP contribution in [0, 0.1) is 0 Å². The molecule has 0 aliphatic carbocycles. The average molecular weight is 399 g/mol. The maximum absolute atomic E-state index is 12.4. The third-order valence-corrected chi connectivity index (χ3v) is 7.53. The fourth-order valence-corrected chi connectivity index (χ4v) is 5.97. The largest absolute Gasteiger partial charge is 0.339 e. The highest BCUT2D eigenvalue weighted by atomic mass is 79.9. The lowest BCUT2D eigenvalue weighted by Gasteiger charge is -2.33. The molecule has 0 radical (unpaired) electrons. The van der Waals surface area contributed by atoms with Crippen molar-refractivity contribution in [2.75, 3.05) is 38.2 Å². The van der Waals surface area contributed by atoms with E-state index >= 15 is 0 Å². The number of piperazine rings is 1. The predicted octanol–water partition coefficient (Wildman–Crippen LogP) is 1.71. The molecule has 0 N–H and O–H groups in total. The van der Waals surface area contributed by atoms with Crippen molar-refractivity contribution in [3.63, 3.8) is 0 Å². The molecule has 5 nitrogen and oxygen atoms in total. The van der Waals surface area contributed by atoms with Crippen LogP contribution in [0.15, 0.2) is 20.1 Å². The third-order valence-electron chi connectivity index (χ3n) is 3.00. The zero-order chi connectivity index (χ0) is 14.8. The fraction of sp³-hybridized carbons (Fsp3) is 0.545. The molecule has 1 amide bonds. The Morgan fingerprint density at radius 3 is 2.50 bits per heavy atom. The summed E-state index contributed by atoms with van der Waals surface area (Å²) in [5.74, 6) is 0.526. The summed E-state index contributed by atoms with van der Waals surface area (Å²) < 4.78 is 27.4. The molecule has 0 bridgehead atoms. The molecule has 0 saturated carbocycles. The van der Waals surface area contributed by atoms with Crippen molar-refractivity contribution >= 4 is 55.0 Å². The van der Waals surface area contributed by atoms with Gasteiger partial charge in [0.05, 0.1) is 9.54 Å². The number of thiophene rings is 1. The molecular weight excluding hydrogens is 384 g/mol. The summed E-state index contributed by atoms with van der Waals surface area (Å²) in [6.45, 7) is 1.65. The van der Waals surface area contributed by atoms with Crippen LogP contribution in [-0.2, 0) is 14.8 Å². The van der Waals surface area contributed by atoms with Crippen molar-refractivity contribution in [1.29, 1.82) is 0 Å². The van der Waals surface area contributed by atoms with Crippen LogP contribution in [0.3, 0.4) is 0 Å². The number of halogens is 1. The zero-order valence-corrected chi connectivity index (χ0v) is 14.9. The Kier molecular flexibility index (Phi) is 5.52. The van der Waals surface area contributed by atoms with E-state index in [-0.39, 0.29) is 5.91 Å². The number of nitrogens with zero attached hydrogens (tertiary/aromatic N) is 2. The minimum atomic E-state index is -3.42. The van der Waals surface area contributed by atoms with Crippen LogP contribution in [-0.4, -0.2) is 61.7 Å². The number of rotatable bonds is 4. The monoisotopic (exact) mass is 398 g/mol. The number of sulfonamides is 1. The standard InChI is InChI=1S/C11H15BrN2O3S3/c1-18-8-10(15)13-4-6-14(7-5-13)20(16,17)11-3-2-9(12)19-11/h2-3H,4-8H2,1H3. The third kappa shape index (κ3) is 3.56.